The number of benzene rings is 2. The van der Waals surface area contributed by atoms with Crippen LogP contribution in [-0.4, -0.2) is 47.8 Å². The zero-order valence-electron chi connectivity index (χ0n) is 17.2. The molecule has 1 aliphatic carbocycles. The van der Waals surface area contributed by atoms with Crippen LogP contribution in [-0.2, 0) is 27.2 Å². The van der Waals surface area contributed by atoms with Gasteiger partial charge in [-0.3, -0.25) is 19.3 Å². The van der Waals surface area contributed by atoms with E-state index in [1.54, 1.807) is 30.3 Å². The number of ketones is 1. The van der Waals surface area contributed by atoms with Gasteiger partial charge in [0.25, 0.3) is 5.91 Å². The molecule has 0 bridgehead atoms. The van der Waals surface area contributed by atoms with Crippen molar-refractivity contribution in [1.29, 1.82) is 0 Å². The molecule has 0 radical (unpaired) electrons. The van der Waals surface area contributed by atoms with E-state index in [2.05, 4.69) is 0 Å². The number of nitrogens with zero attached hydrogens (tertiary/aromatic N) is 2. The van der Waals surface area contributed by atoms with Crippen LogP contribution >= 0.6 is 0 Å². The second-order valence-corrected chi connectivity index (χ2v) is 8.26. The maximum atomic E-state index is 13.3. The molecule has 158 valence electrons. The van der Waals surface area contributed by atoms with Gasteiger partial charge in [0.05, 0.1) is 11.3 Å². The van der Waals surface area contributed by atoms with E-state index in [0.29, 0.717) is 16.8 Å². The molecule has 2 aromatic carbocycles. The summed E-state index contributed by atoms with van der Waals surface area (Å²) in [4.78, 5) is 54.3. The quantitative estimate of drug-likeness (QED) is 0.563. The summed E-state index contributed by atoms with van der Waals surface area (Å²) in [6.07, 6.45) is 3.28. The monoisotopic (exact) mass is 418 g/mol. The lowest BCUT2D eigenvalue weighted by atomic mass is 9.97. The number of rotatable bonds is 4. The van der Waals surface area contributed by atoms with Gasteiger partial charge in [0.2, 0.25) is 11.6 Å². The SMILES string of the molecule is CN1C(=O)c2ccccc2N2C(=O)CC[C@]12C(=O)OCC(=O)c1ccc2c(c1)CCC2. The van der Waals surface area contributed by atoms with Crippen molar-refractivity contribution in [1.82, 2.24) is 4.90 Å². The van der Waals surface area contributed by atoms with E-state index in [1.807, 2.05) is 12.1 Å². The summed E-state index contributed by atoms with van der Waals surface area (Å²) < 4.78 is 5.43. The lowest BCUT2D eigenvalue weighted by molar-refractivity contribution is -0.155. The average Bonchev–Trinajstić information content (AvgIpc) is 3.40. The Balaban J connectivity index is 1.41. The molecule has 0 unspecified atom stereocenters. The fourth-order valence-corrected chi connectivity index (χ4v) is 4.97. The topological polar surface area (TPSA) is 84.0 Å². The number of carbonyl (C=O) groups excluding carboxylic acids is 4. The normalized spacial score (nSPS) is 21.6. The Morgan fingerprint density at radius 1 is 1.03 bits per heavy atom. The second kappa shape index (κ2) is 7.04. The van der Waals surface area contributed by atoms with Crippen molar-refractivity contribution in [2.75, 3.05) is 18.6 Å². The summed E-state index contributed by atoms with van der Waals surface area (Å²) in [6.45, 7) is -0.439. The van der Waals surface area contributed by atoms with Crippen molar-refractivity contribution in [3.63, 3.8) is 0 Å². The van der Waals surface area contributed by atoms with Crippen LogP contribution < -0.4 is 4.90 Å². The summed E-state index contributed by atoms with van der Waals surface area (Å²) in [6, 6.07) is 12.3. The molecule has 7 nitrogen and oxygen atoms in total. The number of hydrogen-bond acceptors (Lipinski definition) is 5. The number of Topliss-reactive ketones (excluding diaryl/α,β-unsaturated/α-hetero) is 1. The molecule has 1 saturated heterocycles. The lowest BCUT2D eigenvalue weighted by Gasteiger charge is -2.46. The van der Waals surface area contributed by atoms with Gasteiger partial charge < -0.3 is 9.64 Å². The molecule has 2 amide bonds. The van der Waals surface area contributed by atoms with E-state index in [0.717, 1.165) is 24.8 Å². The van der Waals surface area contributed by atoms with E-state index < -0.39 is 18.2 Å². The largest absolute Gasteiger partial charge is 0.454 e. The zero-order chi connectivity index (χ0) is 21.8. The third-order valence-corrected chi connectivity index (χ3v) is 6.62. The van der Waals surface area contributed by atoms with E-state index in [9.17, 15) is 19.2 Å². The Kier molecular flexibility index (Phi) is 4.43. The maximum absolute atomic E-state index is 13.3. The Bertz CT molecular complexity index is 1140. The van der Waals surface area contributed by atoms with Crippen molar-refractivity contribution in [3.05, 3.63) is 64.7 Å². The van der Waals surface area contributed by atoms with Gasteiger partial charge in [0.15, 0.2) is 12.4 Å². The molecule has 3 aliphatic rings. The number of fused-ring (bicyclic) bond motifs is 4. The molecule has 2 heterocycles. The molecule has 5 rings (SSSR count). The number of hydrogen-bond donors (Lipinski definition) is 0. The first kappa shape index (κ1) is 19.5. The number of anilines is 1. The van der Waals surface area contributed by atoms with E-state index in [4.69, 9.17) is 4.74 Å². The van der Waals surface area contributed by atoms with Crippen molar-refractivity contribution in [3.8, 4) is 0 Å². The molecule has 31 heavy (non-hydrogen) atoms. The van der Waals surface area contributed by atoms with E-state index in [1.165, 1.54) is 22.4 Å². The Morgan fingerprint density at radius 2 is 1.81 bits per heavy atom. The highest BCUT2D eigenvalue weighted by molar-refractivity contribution is 6.15. The van der Waals surface area contributed by atoms with Gasteiger partial charge in [0, 0.05) is 25.5 Å². The molecular formula is C24H22N2O5. The van der Waals surface area contributed by atoms with E-state index in [-0.39, 0.29) is 30.4 Å². The van der Waals surface area contributed by atoms with Crippen LogP contribution in [0.25, 0.3) is 0 Å². The van der Waals surface area contributed by atoms with Crippen LogP contribution in [0.1, 0.15) is 51.1 Å². The molecule has 0 saturated carbocycles. The van der Waals surface area contributed by atoms with Crippen LogP contribution in [0.3, 0.4) is 0 Å². The summed E-state index contributed by atoms with van der Waals surface area (Å²) in [5, 5.41) is 0. The highest BCUT2D eigenvalue weighted by atomic mass is 16.5. The number of amides is 2. The molecule has 2 aromatic rings. The van der Waals surface area contributed by atoms with Gasteiger partial charge in [-0.05, 0) is 48.6 Å². The molecule has 0 N–H and O–H groups in total. The summed E-state index contributed by atoms with van der Waals surface area (Å²) in [7, 11) is 1.49. The number of aryl methyl sites for hydroxylation is 2. The van der Waals surface area contributed by atoms with Gasteiger partial charge in [-0.2, -0.15) is 0 Å². The van der Waals surface area contributed by atoms with E-state index >= 15 is 0 Å². The molecule has 1 fully saturated rings. The van der Waals surface area contributed by atoms with Gasteiger partial charge >= 0.3 is 5.97 Å². The highest BCUT2D eigenvalue weighted by Crippen LogP contribution is 2.44. The molecule has 7 heteroatoms. The lowest BCUT2D eigenvalue weighted by Crippen LogP contribution is -2.67. The molecule has 0 aromatic heterocycles. The fraction of sp³-hybridized carbons (Fsp3) is 0.333. The van der Waals surface area contributed by atoms with Crippen LogP contribution in [0, 0.1) is 0 Å². The van der Waals surface area contributed by atoms with Gasteiger partial charge in [-0.15, -0.1) is 0 Å². The minimum absolute atomic E-state index is 0.111. The summed E-state index contributed by atoms with van der Waals surface area (Å²) in [5.74, 6) is -1.68. The van der Waals surface area contributed by atoms with Crippen LogP contribution in [0.5, 0.6) is 0 Å². The first-order valence-electron chi connectivity index (χ1n) is 10.5. The number of likely N-dealkylation sites (N-methyl/N-ethyl adjacent to an activating group) is 1. The zero-order valence-corrected chi connectivity index (χ0v) is 17.2. The van der Waals surface area contributed by atoms with Gasteiger partial charge in [-0.25, -0.2) is 4.79 Å². The summed E-state index contributed by atoms with van der Waals surface area (Å²) >= 11 is 0. The van der Waals surface area contributed by atoms with Crippen molar-refractivity contribution < 1.29 is 23.9 Å². The number of para-hydroxylation sites is 1. The number of esters is 1. The predicted octanol–water partition coefficient (Wildman–Crippen LogP) is 2.51. The first-order chi connectivity index (χ1) is 14.9. The van der Waals surface area contributed by atoms with Crippen molar-refractivity contribution in [2.24, 2.45) is 0 Å². The summed E-state index contributed by atoms with van der Waals surface area (Å²) in [5.41, 5.74) is 2.11. The van der Waals surface area contributed by atoms with Crippen LogP contribution in [0.4, 0.5) is 5.69 Å². The van der Waals surface area contributed by atoms with Crippen LogP contribution in [0.15, 0.2) is 42.5 Å². The maximum Gasteiger partial charge on any atom is 0.354 e. The molecule has 2 aliphatic heterocycles. The number of carbonyl (C=O) groups is 4. The highest BCUT2D eigenvalue weighted by Gasteiger charge is 2.60. The standard InChI is InChI=1S/C24H22N2O5/c1-25-22(29)18-7-2-3-8-19(18)26-21(28)11-12-24(25,26)23(30)31-14-20(27)17-10-9-15-5-4-6-16(15)13-17/h2-3,7-10,13H,4-6,11-12,14H2,1H3/t24-/m0/s1. The number of ether oxygens (including phenoxy) is 1. The first-order valence-corrected chi connectivity index (χ1v) is 10.5. The minimum Gasteiger partial charge on any atom is -0.454 e. The Morgan fingerprint density at radius 3 is 2.65 bits per heavy atom. The van der Waals surface area contributed by atoms with Gasteiger partial charge in [-0.1, -0.05) is 24.3 Å². The van der Waals surface area contributed by atoms with Crippen molar-refractivity contribution in [2.45, 2.75) is 37.8 Å². The minimum atomic E-state index is -1.57. The molecule has 0 spiro atoms. The average molecular weight is 418 g/mol. The third-order valence-electron chi connectivity index (χ3n) is 6.62. The van der Waals surface area contributed by atoms with Gasteiger partial charge in [0.1, 0.15) is 0 Å². The Hall–Kier alpha value is -3.48. The third kappa shape index (κ3) is 2.80. The van der Waals surface area contributed by atoms with Crippen LogP contribution in [0.2, 0.25) is 0 Å². The fourth-order valence-electron chi connectivity index (χ4n) is 4.97. The predicted molar refractivity (Wildman–Crippen MR) is 112 cm³/mol. The molecule has 1 atom stereocenters. The molecular weight excluding hydrogens is 396 g/mol. The van der Waals surface area contributed by atoms with Crippen molar-refractivity contribution >= 4 is 29.3 Å². The smallest absolute Gasteiger partial charge is 0.354 e. The second-order valence-electron chi connectivity index (χ2n) is 8.26. The Labute approximate surface area is 179 Å².